The van der Waals surface area contributed by atoms with Crippen LogP contribution in [0.1, 0.15) is 12.8 Å². The number of methoxy groups -OCH3 is 1. The average Bonchev–Trinajstić information content (AvgIpc) is 2.65. The number of carbonyl (C=O) groups excluding carboxylic acids is 3. The molecule has 2 aliphatic heterocycles. The molecule has 1 N–H and O–H groups in total. The molecular formula is C17H21N3O5. The van der Waals surface area contributed by atoms with E-state index in [4.69, 9.17) is 4.74 Å². The first-order valence-electron chi connectivity index (χ1n) is 8.23. The van der Waals surface area contributed by atoms with Crippen molar-refractivity contribution in [3.63, 3.8) is 0 Å². The van der Waals surface area contributed by atoms with Crippen LogP contribution in [0.3, 0.4) is 0 Å². The number of rotatable bonds is 4. The fourth-order valence-corrected chi connectivity index (χ4v) is 3.01. The van der Waals surface area contributed by atoms with E-state index in [1.807, 2.05) is 18.2 Å². The van der Waals surface area contributed by atoms with Crippen LogP contribution in [0, 0.1) is 0 Å². The molecule has 1 aromatic rings. The lowest BCUT2D eigenvalue weighted by Gasteiger charge is -2.37. The SMILES string of the molecule is COC(=O)CCC(=O)N1CCN(c2cccc3c2OCC(=O)N3)CC1. The Bertz CT molecular complexity index is 683. The van der Waals surface area contributed by atoms with Crippen LogP contribution in [0.15, 0.2) is 18.2 Å². The minimum atomic E-state index is -0.373. The molecular weight excluding hydrogens is 326 g/mol. The van der Waals surface area contributed by atoms with Gasteiger partial charge in [-0.15, -0.1) is 0 Å². The zero-order valence-corrected chi connectivity index (χ0v) is 14.1. The van der Waals surface area contributed by atoms with Crippen LogP contribution in [0.2, 0.25) is 0 Å². The molecule has 0 aromatic heterocycles. The van der Waals surface area contributed by atoms with Gasteiger partial charge in [0.25, 0.3) is 5.91 Å². The van der Waals surface area contributed by atoms with Crippen LogP contribution < -0.4 is 15.0 Å². The minimum absolute atomic E-state index is 0.00991. The van der Waals surface area contributed by atoms with Gasteiger partial charge in [-0.2, -0.15) is 0 Å². The van der Waals surface area contributed by atoms with Crippen molar-refractivity contribution < 1.29 is 23.9 Å². The van der Waals surface area contributed by atoms with Crippen molar-refractivity contribution in [3.8, 4) is 5.75 Å². The first kappa shape index (κ1) is 17.1. The maximum Gasteiger partial charge on any atom is 0.306 e. The van der Waals surface area contributed by atoms with E-state index in [0.29, 0.717) is 37.6 Å². The van der Waals surface area contributed by atoms with E-state index in [-0.39, 0.29) is 37.2 Å². The van der Waals surface area contributed by atoms with Crippen LogP contribution in [0.4, 0.5) is 11.4 Å². The highest BCUT2D eigenvalue weighted by molar-refractivity contribution is 5.97. The third kappa shape index (κ3) is 3.84. The summed E-state index contributed by atoms with van der Waals surface area (Å²) in [5.41, 5.74) is 1.59. The number of carbonyl (C=O) groups is 3. The standard InChI is InChI=1S/C17H21N3O5/c1-24-16(23)6-5-15(22)20-9-7-19(8-10-20)13-4-2-3-12-17(13)25-11-14(21)18-12/h2-4H,5-11H2,1H3,(H,18,21). The minimum Gasteiger partial charge on any atom is -0.479 e. The third-order valence-corrected chi connectivity index (χ3v) is 4.36. The molecule has 1 saturated heterocycles. The van der Waals surface area contributed by atoms with Gasteiger partial charge in [0.2, 0.25) is 5.91 Å². The van der Waals surface area contributed by atoms with Crippen molar-refractivity contribution in [2.75, 3.05) is 50.1 Å². The Morgan fingerprint density at radius 3 is 2.68 bits per heavy atom. The lowest BCUT2D eigenvalue weighted by atomic mass is 10.1. The van der Waals surface area contributed by atoms with Crippen LogP contribution >= 0.6 is 0 Å². The molecule has 134 valence electrons. The third-order valence-electron chi connectivity index (χ3n) is 4.36. The number of nitrogens with zero attached hydrogens (tertiary/aromatic N) is 2. The highest BCUT2D eigenvalue weighted by atomic mass is 16.5. The van der Waals surface area contributed by atoms with Crippen molar-refractivity contribution >= 4 is 29.2 Å². The summed E-state index contributed by atoms with van der Waals surface area (Å²) in [5.74, 6) is 0.101. The van der Waals surface area contributed by atoms with Crippen molar-refractivity contribution in [1.29, 1.82) is 0 Å². The molecule has 2 aliphatic rings. The summed E-state index contributed by atoms with van der Waals surface area (Å²) in [5, 5.41) is 2.80. The van der Waals surface area contributed by atoms with E-state index >= 15 is 0 Å². The van der Waals surface area contributed by atoms with Crippen molar-refractivity contribution in [2.24, 2.45) is 0 Å². The van der Waals surface area contributed by atoms with Gasteiger partial charge in [-0.1, -0.05) is 6.07 Å². The Balaban J connectivity index is 1.60. The fourth-order valence-electron chi connectivity index (χ4n) is 3.01. The Hall–Kier alpha value is -2.77. The van der Waals surface area contributed by atoms with E-state index in [0.717, 1.165) is 5.69 Å². The highest BCUT2D eigenvalue weighted by Gasteiger charge is 2.26. The Morgan fingerprint density at radius 1 is 1.20 bits per heavy atom. The number of anilines is 2. The van der Waals surface area contributed by atoms with Crippen LogP contribution in [-0.2, 0) is 19.1 Å². The number of hydrogen-bond acceptors (Lipinski definition) is 6. The summed E-state index contributed by atoms with van der Waals surface area (Å²) in [6.07, 6.45) is 0.276. The topological polar surface area (TPSA) is 88.2 Å². The Kier molecular flexibility index (Phi) is 5.06. The predicted molar refractivity (Wildman–Crippen MR) is 90.6 cm³/mol. The van der Waals surface area contributed by atoms with Crippen molar-refractivity contribution in [3.05, 3.63) is 18.2 Å². The second-order valence-electron chi connectivity index (χ2n) is 5.93. The van der Waals surface area contributed by atoms with Gasteiger partial charge in [-0.05, 0) is 12.1 Å². The van der Waals surface area contributed by atoms with Gasteiger partial charge in [-0.25, -0.2) is 0 Å². The van der Waals surface area contributed by atoms with Crippen LogP contribution in [0.5, 0.6) is 5.75 Å². The average molecular weight is 347 g/mol. The number of piperazine rings is 1. The second-order valence-corrected chi connectivity index (χ2v) is 5.93. The molecule has 0 spiro atoms. The zero-order valence-electron chi connectivity index (χ0n) is 14.1. The molecule has 8 heteroatoms. The van der Waals surface area contributed by atoms with Gasteiger partial charge < -0.3 is 24.6 Å². The van der Waals surface area contributed by atoms with Gasteiger partial charge in [-0.3, -0.25) is 14.4 Å². The van der Waals surface area contributed by atoms with Gasteiger partial charge in [0.05, 0.1) is 24.9 Å². The maximum absolute atomic E-state index is 12.2. The molecule has 1 fully saturated rings. The number of esters is 1. The Labute approximate surface area is 145 Å². The zero-order chi connectivity index (χ0) is 17.8. The summed E-state index contributed by atoms with van der Waals surface area (Å²) < 4.78 is 10.1. The van der Waals surface area contributed by atoms with Gasteiger partial charge in [0.1, 0.15) is 0 Å². The van der Waals surface area contributed by atoms with Gasteiger partial charge >= 0.3 is 5.97 Å². The summed E-state index contributed by atoms with van der Waals surface area (Å²) in [4.78, 5) is 38.6. The molecule has 2 heterocycles. The normalized spacial score (nSPS) is 16.6. The first-order chi connectivity index (χ1) is 12.1. The lowest BCUT2D eigenvalue weighted by molar-refractivity contribution is -0.143. The fraction of sp³-hybridized carbons (Fsp3) is 0.471. The molecule has 25 heavy (non-hydrogen) atoms. The number of benzene rings is 1. The second kappa shape index (κ2) is 7.42. The molecule has 0 bridgehead atoms. The van der Waals surface area contributed by atoms with Crippen molar-refractivity contribution in [2.45, 2.75) is 12.8 Å². The summed E-state index contributed by atoms with van der Waals surface area (Å²) in [7, 11) is 1.32. The molecule has 1 aromatic carbocycles. The smallest absolute Gasteiger partial charge is 0.306 e. The van der Waals surface area contributed by atoms with E-state index < -0.39 is 0 Å². The first-order valence-corrected chi connectivity index (χ1v) is 8.23. The van der Waals surface area contributed by atoms with Gasteiger partial charge in [0.15, 0.2) is 12.4 Å². The quantitative estimate of drug-likeness (QED) is 0.804. The monoisotopic (exact) mass is 347 g/mol. The van der Waals surface area contributed by atoms with E-state index in [1.165, 1.54) is 7.11 Å². The number of fused-ring (bicyclic) bond motifs is 1. The van der Waals surface area contributed by atoms with E-state index in [9.17, 15) is 14.4 Å². The highest BCUT2D eigenvalue weighted by Crippen LogP contribution is 2.38. The summed E-state index contributed by atoms with van der Waals surface area (Å²) in [6, 6.07) is 5.63. The Morgan fingerprint density at radius 2 is 1.96 bits per heavy atom. The van der Waals surface area contributed by atoms with Crippen LogP contribution in [0.25, 0.3) is 0 Å². The molecule has 0 saturated carbocycles. The molecule has 0 aliphatic carbocycles. The predicted octanol–water partition coefficient (Wildman–Crippen LogP) is 0.619. The van der Waals surface area contributed by atoms with Crippen molar-refractivity contribution in [1.82, 2.24) is 4.90 Å². The van der Waals surface area contributed by atoms with Gasteiger partial charge in [0, 0.05) is 32.6 Å². The van der Waals surface area contributed by atoms with Crippen LogP contribution in [-0.4, -0.2) is 62.6 Å². The molecule has 0 atom stereocenters. The maximum atomic E-state index is 12.2. The number of para-hydroxylation sites is 1. The molecule has 8 nitrogen and oxygen atoms in total. The largest absolute Gasteiger partial charge is 0.479 e. The number of nitrogens with one attached hydrogen (secondary N) is 1. The summed E-state index contributed by atoms with van der Waals surface area (Å²) >= 11 is 0. The molecule has 2 amide bonds. The molecule has 3 rings (SSSR count). The number of hydrogen-bond donors (Lipinski definition) is 1. The molecule has 0 radical (unpaired) electrons. The van der Waals surface area contributed by atoms with E-state index in [2.05, 4.69) is 15.0 Å². The summed E-state index contributed by atoms with van der Waals surface area (Å²) in [6.45, 7) is 2.50. The molecule has 0 unspecified atom stereocenters. The number of ether oxygens (including phenoxy) is 2. The lowest BCUT2D eigenvalue weighted by Crippen LogP contribution is -2.49. The van der Waals surface area contributed by atoms with E-state index in [1.54, 1.807) is 4.90 Å². The number of amides is 2.